The molecule has 3 aromatic carbocycles. The Hall–Kier alpha value is -3.31. The summed E-state index contributed by atoms with van der Waals surface area (Å²) in [6.45, 7) is 3.10. The Kier molecular flexibility index (Phi) is 7.86. The minimum Gasteiger partial charge on any atom is -0.494 e. The van der Waals surface area contributed by atoms with Crippen LogP contribution in [0.25, 0.3) is 0 Å². The Morgan fingerprint density at radius 2 is 1.80 bits per heavy atom. The first kappa shape index (κ1) is 21.4. The number of nitrogens with zero attached hydrogens (tertiary/aromatic N) is 1. The van der Waals surface area contributed by atoms with Gasteiger partial charge < -0.3 is 9.47 Å². The molecule has 6 heteroatoms. The van der Waals surface area contributed by atoms with Crippen LogP contribution in [0.2, 0.25) is 5.02 Å². The largest absolute Gasteiger partial charge is 0.494 e. The van der Waals surface area contributed by atoms with E-state index in [-0.39, 0.29) is 5.91 Å². The van der Waals surface area contributed by atoms with Gasteiger partial charge in [-0.2, -0.15) is 5.10 Å². The topological polar surface area (TPSA) is 59.9 Å². The van der Waals surface area contributed by atoms with Gasteiger partial charge in [-0.25, -0.2) is 5.43 Å². The second-order valence-corrected chi connectivity index (χ2v) is 6.96. The average molecular weight is 423 g/mol. The summed E-state index contributed by atoms with van der Waals surface area (Å²) in [6.07, 6.45) is 2.44. The highest BCUT2D eigenvalue weighted by Crippen LogP contribution is 2.22. The van der Waals surface area contributed by atoms with Gasteiger partial charge in [0, 0.05) is 16.1 Å². The van der Waals surface area contributed by atoms with E-state index in [1.165, 1.54) is 6.21 Å². The summed E-state index contributed by atoms with van der Waals surface area (Å²) in [6, 6.07) is 22.0. The molecule has 0 aromatic heterocycles. The quantitative estimate of drug-likeness (QED) is 0.367. The fourth-order valence-corrected chi connectivity index (χ4v) is 2.81. The van der Waals surface area contributed by atoms with Crippen LogP contribution in [0.4, 0.5) is 0 Å². The highest BCUT2D eigenvalue weighted by atomic mass is 35.5. The van der Waals surface area contributed by atoms with Crippen LogP contribution < -0.4 is 14.9 Å². The van der Waals surface area contributed by atoms with Gasteiger partial charge in [0.15, 0.2) is 0 Å². The van der Waals surface area contributed by atoms with Gasteiger partial charge in [0.2, 0.25) is 0 Å². The van der Waals surface area contributed by atoms with E-state index in [9.17, 15) is 4.79 Å². The molecule has 0 spiro atoms. The maximum Gasteiger partial charge on any atom is 0.271 e. The summed E-state index contributed by atoms with van der Waals surface area (Å²) < 4.78 is 11.4. The molecule has 0 radical (unpaired) electrons. The molecule has 30 heavy (non-hydrogen) atoms. The number of amides is 1. The number of halogens is 1. The Morgan fingerprint density at radius 3 is 2.53 bits per heavy atom. The minimum absolute atomic E-state index is 0.318. The van der Waals surface area contributed by atoms with Crippen LogP contribution in [0.3, 0.4) is 0 Å². The molecule has 0 aliphatic heterocycles. The van der Waals surface area contributed by atoms with Gasteiger partial charge >= 0.3 is 0 Å². The lowest BCUT2D eigenvalue weighted by atomic mass is 10.2. The van der Waals surface area contributed by atoms with Crippen LogP contribution in [0, 0.1) is 0 Å². The van der Waals surface area contributed by atoms with Gasteiger partial charge in [0.05, 0.1) is 12.8 Å². The zero-order valence-corrected chi connectivity index (χ0v) is 17.4. The monoisotopic (exact) mass is 422 g/mol. The lowest BCUT2D eigenvalue weighted by molar-refractivity contribution is 0.0955. The molecule has 0 atom stereocenters. The molecule has 1 N–H and O–H groups in total. The first-order valence-electron chi connectivity index (χ1n) is 9.68. The van der Waals surface area contributed by atoms with Crippen LogP contribution in [-0.4, -0.2) is 18.7 Å². The summed E-state index contributed by atoms with van der Waals surface area (Å²) in [7, 11) is 0. The van der Waals surface area contributed by atoms with Crippen LogP contribution in [0.5, 0.6) is 11.5 Å². The Morgan fingerprint density at radius 1 is 1.03 bits per heavy atom. The molecular formula is C24H23ClN2O3. The number of ether oxygens (including phenoxy) is 2. The lowest BCUT2D eigenvalue weighted by Gasteiger charge is -2.09. The molecule has 0 aliphatic rings. The maximum absolute atomic E-state index is 12.3. The summed E-state index contributed by atoms with van der Waals surface area (Å²) >= 11 is 6.11. The highest BCUT2D eigenvalue weighted by Gasteiger charge is 2.06. The predicted octanol–water partition coefficient (Wildman–Crippen LogP) is 5.47. The van der Waals surface area contributed by atoms with Gasteiger partial charge in [-0.05, 0) is 54.4 Å². The molecule has 0 bridgehead atoms. The third kappa shape index (κ3) is 6.36. The minimum atomic E-state index is -0.318. The second-order valence-electron chi connectivity index (χ2n) is 6.53. The van der Waals surface area contributed by atoms with Crippen LogP contribution >= 0.6 is 11.6 Å². The van der Waals surface area contributed by atoms with Crippen LogP contribution in [-0.2, 0) is 6.61 Å². The zero-order valence-electron chi connectivity index (χ0n) is 16.7. The summed E-state index contributed by atoms with van der Waals surface area (Å²) in [5, 5.41) is 4.61. The number of hydrazone groups is 1. The van der Waals surface area contributed by atoms with E-state index in [1.807, 2.05) is 37.3 Å². The van der Waals surface area contributed by atoms with E-state index in [0.717, 1.165) is 17.7 Å². The Balaban J connectivity index is 1.62. The van der Waals surface area contributed by atoms with Crippen molar-refractivity contribution < 1.29 is 14.3 Å². The summed E-state index contributed by atoms with van der Waals surface area (Å²) in [4.78, 5) is 12.3. The fraction of sp³-hybridized carbons (Fsp3) is 0.167. The molecule has 0 fully saturated rings. The van der Waals surface area contributed by atoms with Crippen molar-refractivity contribution >= 4 is 23.7 Å². The summed E-state index contributed by atoms with van der Waals surface area (Å²) in [5.74, 6) is 1.04. The molecular weight excluding hydrogens is 400 g/mol. The molecule has 0 unspecified atom stereocenters. The standard InChI is InChI=1S/C24H23ClN2O3/c1-2-14-29-22-11-8-19(9-12-22)24(28)27-26-16-20-15-21(25)10-13-23(20)30-17-18-6-4-3-5-7-18/h3-13,15-16H,2,14,17H2,1H3,(H,27,28)/b26-16+. The SMILES string of the molecule is CCCOc1ccc(C(=O)N/N=C/c2cc(Cl)ccc2OCc2ccccc2)cc1. The van der Waals surface area contributed by atoms with Crippen molar-refractivity contribution in [1.82, 2.24) is 5.43 Å². The van der Waals surface area contributed by atoms with Crippen molar-refractivity contribution in [2.75, 3.05) is 6.61 Å². The molecule has 3 aromatic rings. The Bertz CT molecular complexity index is 989. The third-order valence-corrected chi connectivity index (χ3v) is 4.40. The second kappa shape index (κ2) is 11.0. The number of carbonyl (C=O) groups is 1. The number of nitrogens with one attached hydrogen (secondary N) is 1. The molecule has 5 nitrogen and oxygen atoms in total. The van der Waals surface area contributed by atoms with Crippen molar-refractivity contribution in [3.63, 3.8) is 0 Å². The van der Waals surface area contributed by atoms with Crippen molar-refractivity contribution in [3.05, 3.63) is 94.5 Å². The maximum atomic E-state index is 12.3. The number of rotatable bonds is 9. The lowest BCUT2D eigenvalue weighted by Crippen LogP contribution is -2.17. The number of hydrogen-bond acceptors (Lipinski definition) is 4. The van der Waals surface area contributed by atoms with Gasteiger partial charge in [-0.1, -0.05) is 48.9 Å². The van der Waals surface area contributed by atoms with E-state index in [4.69, 9.17) is 21.1 Å². The van der Waals surface area contributed by atoms with Crippen LogP contribution in [0.15, 0.2) is 77.9 Å². The predicted molar refractivity (Wildman–Crippen MR) is 120 cm³/mol. The number of hydrogen-bond donors (Lipinski definition) is 1. The molecule has 154 valence electrons. The van der Waals surface area contributed by atoms with E-state index < -0.39 is 0 Å². The molecule has 0 aliphatic carbocycles. The number of carbonyl (C=O) groups excluding carboxylic acids is 1. The Labute approximate surface area is 181 Å². The van der Waals surface area contributed by atoms with Crippen LogP contribution in [0.1, 0.15) is 34.8 Å². The summed E-state index contributed by atoms with van der Waals surface area (Å²) in [5.41, 5.74) is 4.73. The van der Waals surface area contributed by atoms with Crippen molar-refractivity contribution in [2.24, 2.45) is 5.10 Å². The molecule has 0 saturated carbocycles. The first-order chi connectivity index (χ1) is 14.7. The van der Waals surface area contributed by atoms with Crippen molar-refractivity contribution in [2.45, 2.75) is 20.0 Å². The zero-order chi connectivity index (χ0) is 21.2. The number of benzene rings is 3. The van der Waals surface area contributed by atoms with Gasteiger partial charge in [0.1, 0.15) is 18.1 Å². The molecule has 1 amide bonds. The first-order valence-corrected chi connectivity index (χ1v) is 10.1. The van der Waals surface area contributed by atoms with E-state index in [0.29, 0.717) is 35.1 Å². The average Bonchev–Trinajstić information content (AvgIpc) is 2.78. The fourth-order valence-electron chi connectivity index (χ4n) is 2.63. The van der Waals surface area contributed by atoms with E-state index in [2.05, 4.69) is 10.5 Å². The van der Waals surface area contributed by atoms with E-state index >= 15 is 0 Å². The molecule has 3 rings (SSSR count). The van der Waals surface area contributed by atoms with Crippen molar-refractivity contribution in [3.8, 4) is 11.5 Å². The van der Waals surface area contributed by atoms with Gasteiger partial charge in [-0.3, -0.25) is 4.79 Å². The smallest absolute Gasteiger partial charge is 0.271 e. The third-order valence-electron chi connectivity index (χ3n) is 4.17. The van der Waals surface area contributed by atoms with Crippen molar-refractivity contribution in [1.29, 1.82) is 0 Å². The molecule has 0 heterocycles. The molecule has 0 saturated heterocycles. The highest BCUT2D eigenvalue weighted by molar-refractivity contribution is 6.30. The normalized spacial score (nSPS) is 10.7. The van der Waals surface area contributed by atoms with Gasteiger partial charge in [-0.15, -0.1) is 0 Å². The van der Waals surface area contributed by atoms with E-state index in [1.54, 1.807) is 42.5 Å². The van der Waals surface area contributed by atoms with Gasteiger partial charge in [0.25, 0.3) is 5.91 Å².